The summed E-state index contributed by atoms with van der Waals surface area (Å²) in [6.07, 6.45) is -0.890. The number of aromatic amines is 1. The number of rotatable bonds is 4. The van der Waals surface area contributed by atoms with Gasteiger partial charge in [-0.25, -0.2) is 9.78 Å². The molecule has 0 spiro atoms. The van der Waals surface area contributed by atoms with Crippen molar-refractivity contribution in [1.29, 1.82) is 0 Å². The minimum Gasteiger partial charge on any atom is -0.485 e. The molecule has 5 rings (SSSR count). The number of fused-ring (bicyclic) bond motifs is 2. The molecule has 31 heavy (non-hydrogen) atoms. The second-order valence-corrected chi connectivity index (χ2v) is 8.06. The quantitative estimate of drug-likeness (QED) is 0.465. The minimum absolute atomic E-state index is 0.0466. The van der Waals surface area contributed by atoms with Crippen molar-refractivity contribution in [2.24, 2.45) is 0 Å². The molecule has 4 aromatic rings. The van der Waals surface area contributed by atoms with Crippen molar-refractivity contribution in [3.05, 3.63) is 75.1 Å². The van der Waals surface area contributed by atoms with Gasteiger partial charge in [-0.3, -0.25) is 4.79 Å². The zero-order valence-electron chi connectivity index (χ0n) is 16.0. The van der Waals surface area contributed by atoms with Gasteiger partial charge in [-0.2, -0.15) is 0 Å². The molecule has 0 bridgehead atoms. The van der Waals surface area contributed by atoms with Gasteiger partial charge in [0.05, 0.1) is 5.39 Å². The summed E-state index contributed by atoms with van der Waals surface area (Å²) in [7, 11) is 0. The second kappa shape index (κ2) is 8.05. The summed E-state index contributed by atoms with van der Waals surface area (Å²) in [6.45, 7) is -0.143. The van der Waals surface area contributed by atoms with Gasteiger partial charge in [0.1, 0.15) is 23.9 Å². The topological polar surface area (TPSA) is 90.5 Å². The Balaban J connectivity index is 1.33. The smallest absolute Gasteiger partial charge is 0.351 e. The zero-order chi connectivity index (χ0) is 21.4. The Bertz CT molecular complexity index is 1350. The maximum Gasteiger partial charge on any atom is 0.351 e. The summed E-state index contributed by atoms with van der Waals surface area (Å²) in [5, 5.41) is 2.85. The van der Waals surface area contributed by atoms with Crippen LogP contribution in [0.4, 0.5) is 0 Å². The largest absolute Gasteiger partial charge is 0.485 e. The molecule has 1 unspecified atom stereocenters. The van der Waals surface area contributed by atoms with Crippen LogP contribution in [0.2, 0.25) is 5.02 Å². The first kappa shape index (κ1) is 19.6. The molecular formula is C22H15ClN2O5S. The van der Waals surface area contributed by atoms with Gasteiger partial charge in [-0.1, -0.05) is 41.9 Å². The molecule has 3 heterocycles. The Hall–Kier alpha value is -3.36. The summed E-state index contributed by atoms with van der Waals surface area (Å²) in [5.41, 5.74) is 1.16. The third kappa shape index (κ3) is 3.75. The molecule has 9 heteroatoms. The van der Waals surface area contributed by atoms with Gasteiger partial charge in [-0.15, -0.1) is 11.3 Å². The Labute approximate surface area is 185 Å². The van der Waals surface area contributed by atoms with Crippen molar-refractivity contribution in [2.75, 3.05) is 6.61 Å². The number of aromatic nitrogens is 2. The average molecular weight is 455 g/mol. The highest BCUT2D eigenvalue weighted by Gasteiger charge is 2.29. The number of hydrogen-bond acceptors (Lipinski definition) is 7. The molecule has 2 aromatic heterocycles. The van der Waals surface area contributed by atoms with Crippen molar-refractivity contribution in [1.82, 2.24) is 9.97 Å². The molecule has 0 aliphatic carbocycles. The van der Waals surface area contributed by atoms with Gasteiger partial charge in [0.25, 0.3) is 5.56 Å². The SMILES string of the molecule is O=C(OCc1nc2scc(-c3ccccc3Cl)c2c(=O)[nH]1)C1COc2ccccc2O1. The van der Waals surface area contributed by atoms with Gasteiger partial charge in [0.2, 0.25) is 6.10 Å². The number of para-hydroxylation sites is 2. The van der Waals surface area contributed by atoms with E-state index in [1.807, 2.05) is 29.6 Å². The maximum atomic E-state index is 12.7. The van der Waals surface area contributed by atoms with Crippen LogP contribution in [0.15, 0.2) is 58.7 Å². The molecule has 1 atom stereocenters. The molecule has 0 radical (unpaired) electrons. The maximum absolute atomic E-state index is 12.7. The fraction of sp³-hybridized carbons (Fsp3) is 0.136. The molecule has 1 N–H and O–H groups in total. The van der Waals surface area contributed by atoms with Gasteiger partial charge >= 0.3 is 5.97 Å². The van der Waals surface area contributed by atoms with Crippen LogP contribution in [0.25, 0.3) is 21.3 Å². The lowest BCUT2D eigenvalue weighted by molar-refractivity contribution is -0.156. The van der Waals surface area contributed by atoms with E-state index in [-0.39, 0.29) is 24.6 Å². The highest BCUT2D eigenvalue weighted by Crippen LogP contribution is 2.35. The Morgan fingerprint density at radius 3 is 2.77 bits per heavy atom. The Morgan fingerprint density at radius 2 is 1.94 bits per heavy atom. The van der Waals surface area contributed by atoms with Crippen molar-refractivity contribution in [2.45, 2.75) is 12.7 Å². The lowest BCUT2D eigenvalue weighted by atomic mass is 10.1. The molecule has 0 saturated heterocycles. The molecular weight excluding hydrogens is 440 g/mol. The van der Waals surface area contributed by atoms with Gasteiger partial charge in [0, 0.05) is 21.5 Å². The monoisotopic (exact) mass is 454 g/mol. The highest BCUT2D eigenvalue weighted by atomic mass is 35.5. The number of benzene rings is 2. The first-order valence-electron chi connectivity index (χ1n) is 9.40. The van der Waals surface area contributed by atoms with Crippen molar-refractivity contribution in [3.63, 3.8) is 0 Å². The third-order valence-electron chi connectivity index (χ3n) is 4.78. The van der Waals surface area contributed by atoms with Gasteiger partial charge in [0.15, 0.2) is 11.5 Å². The van der Waals surface area contributed by atoms with Crippen LogP contribution in [-0.4, -0.2) is 28.6 Å². The number of ether oxygens (including phenoxy) is 3. The summed E-state index contributed by atoms with van der Waals surface area (Å²) in [4.78, 5) is 32.8. The van der Waals surface area contributed by atoms with Crippen molar-refractivity contribution >= 4 is 39.1 Å². The normalized spacial score (nSPS) is 15.1. The fourth-order valence-electron chi connectivity index (χ4n) is 3.31. The van der Waals surface area contributed by atoms with E-state index in [4.69, 9.17) is 25.8 Å². The summed E-state index contributed by atoms with van der Waals surface area (Å²) in [6, 6.07) is 14.4. The summed E-state index contributed by atoms with van der Waals surface area (Å²) < 4.78 is 16.5. The van der Waals surface area contributed by atoms with Crippen LogP contribution < -0.4 is 15.0 Å². The first-order valence-corrected chi connectivity index (χ1v) is 10.7. The van der Waals surface area contributed by atoms with Gasteiger partial charge < -0.3 is 19.2 Å². The number of carbonyl (C=O) groups is 1. The predicted molar refractivity (Wildman–Crippen MR) is 117 cm³/mol. The third-order valence-corrected chi connectivity index (χ3v) is 5.98. The van der Waals surface area contributed by atoms with Crippen LogP contribution in [0.3, 0.4) is 0 Å². The molecule has 0 amide bonds. The number of hydrogen-bond donors (Lipinski definition) is 1. The lowest BCUT2D eigenvalue weighted by Crippen LogP contribution is -2.37. The minimum atomic E-state index is -0.890. The van der Waals surface area contributed by atoms with Crippen LogP contribution >= 0.6 is 22.9 Å². The number of nitrogens with one attached hydrogen (secondary N) is 1. The second-order valence-electron chi connectivity index (χ2n) is 6.79. The number of nitrogens with zero attached hydrogens (tertiary/aromatic N) is 1. The zero-order valence-corrected chi connectivity index (χ0v) is 17.5. The van der Waals surface area contributed by atoms with E-state index in [0.29, 0.717) is 32.3 Å². The number of H-pyrrole nitrogens is 1. The number of esters is 1. The first-order chi connectivity index (χ1) is 15.1. The fourth-order valence-corrected chi connectivity index (χ4v) is 4.50. The molecule has 1 aliphatic heterocycles. The van der Waals surface area contributed by atoms with Gasteiger partial charge in [-0.05, 0) is 18.2 Å². The molecule has 7 nitrogen and oxygen atoms in total. The van der Waals surface area contributed by atoms with E-state index in [1.165, 1.54) is 11.3 Å². The van der Waals surface area contributed by atoms with E-state index in [0.717, 1.165) is 5.56 Å². The number of thiophene rings is 1. The van der Waals surface area contributed by atoms with E-state index >= 15 is 0 Å². The highest BCUT2D eigenvalue weighted by molar-refractivity contribution is 7.17. The van der Waals surface area contributed by atoms with E-state index in [9.17, 15) is 9.59 Å². The molecule has 156 valence electrons. The molecule has 2 aromatic carbocycles. The van der Waals surface area contributed by atoms with Crippen molar-refractivity contribution < 1.29 is 19.0 Å². The van der Waals surface area contributed by atoms with Crippen LogP contribution in [-0.2, 0) is 16.1 Å². The summed E-state index contributed by atoms with van der Waals surface area (Å²) in [5.74, 6) is 0.708. The van der Waals surface area contributed by atoms with Crippen LogP contribution in [0.5, 0.6) is 11.5 Å². The van der Waals surface area contributed by atoms with Crippen LogP contribution in [0.1, 0.15) is 5.82 Å². The molecule has 0 saturated carbocycles. The van der Waals surface area contributed by atoms with E-state index < -0.39 is 12.1 Å². The molecule has 0 fully saturated rings. The number of halogens is 1. The van der Waals surface area contributed by atoms with Crippen molar-refractivity contribution in [3.8, 4) is 22.6 Å². The van der Waals surface area contributed by atoms with Crippen LogP contribution in [0, 0.1) is 0 Å². The van der Waals surface area contributed by atoms with E-state index in [1.54, 1.807) is 24.3 Å². The molecule has 1 aliphatic rings. The Kier molecular flexibility index (Phi) is 5.09. The van der Waals surface area contributed by atoms with E-state index in [2.05, 4.69) is 9.97 Å². The number of carbonyl (C=O) groups excluding carboxylic acids is 1. The summed E-state index contributed by atoms with van der Waals surface area (Å²) >= 11 is 7.61. The Morgan fingerprint density at radius 1 is 1.16 bits per heavy atom. The standard InChI is InChI=1S/C22H15ClN2O5S/c23-14-6-2-1-5-12(14)13-11-31-21-19(13)20(26)24-18(25-21)10-29-22(27)17-9-28-15-7-3-4-8-16(15)30-17/h1-8,11,17H,9-10H2,(H,24,25,26). The predicted octanol–water partition coefficient (Wildman–Crippen LogP) is 4.19. The average Bonchev–Trinajstić information content (AvgIpc) is 3.22. The lowest BCUT2D eigenvalue weighted by Gasteiger charge is -2.24.